The van der Waals surface area contributed by atoms with Gasteiger partial charge in [-0.05, 0) is 37.5 Å². The molecule has 1 aromatic carbocycles. The van der Waals surface area contributed by atoms with Gasteiger partial charge in [0.25, 0.3) is 0 Å². The number of piperidine rings is 1. The Labute approximate surface area is 164 Å². The highest BCUT2D eigenvalue weighted by Crippen LogP contribution is 2.35. The normalized spacial score (nSPS) is 19.3. The highest BCUT2D eigenvalue weighted by atomic mass is 16.1. The van der Waals surface area contributed by atoms with Crippen LogP contribution in [0.1, 0.15) is 26.2 Å². The lowest BCUT2D eigenvalue weighted by atomic mass is 9.76. The van der Waals surface area contributed by atoms with Gasteiger partial charge >= 0.3 is 0 Å². The second-order valence-electron chi connectivity index (χ2n) is 7.40. The summed E-state index contributed by atoms with van der Waals surface area (Å²) in [6, 6.07) is 11.8. The number of benzene rings is 1. The highest BCUT2D eigenvalue weighted by molar-refractivity contribution is 5.89. The Kier molecular flexibility index (Phi) is 4.90. The van der Waals surface area contributed by atoms with Crippen LogP contribution in [0.25, 0.3) is 11.0 Å². The van der Waals surface area contributed by atoms with Gasteiger partial charge in [0, 0.05) is 30.9 Å². The van der Waals surface area contributed by atoms with Gasteiger partial charge in [-0.2, -0.15) is 0 Å². The van der Waals surface area contributed by atoms with Crippen molar-refractivity contribution in [2.45, 2.75) is 31.7 Å². The Morgan fingerprint density at radius 2 is 2.14 bits per heavy atom. The number of para-hydroxylation sites is 1. The molecule has 0 bridgehead atoms. The molecular formula is C21H26N6O. The van der Waals surface area contributed by atoms with Crippen molar-refractivity contribution >= 4 is 28.4 Å². The molecule has 3 aromatic rings. The van der Waals surface area contributed by atoms with Crippen molar-refractivity contribution in [1.82, 2.24) is 15.0 Å². The number of aromatic nitrogens is 3. The minimum absolute atomic E-state index is 0.0768. The summed E-state index contributed by atoms with van der Waals surface area (Å²) in [5.41, 5.74) is 6.90. The van der Waals surface area contributed by atoms with Gasteiger partial charge in [0.1, 0.15) is 23.3 Å². The second-order valence-corrected chi connectivity index (χ2v) is 7.40. The van der Waals surface area contributed by atoms with Crippen LogP contribution in [-0.4, -0.2) is 39.5 Å². The Morgan fingerprint density at radius 3 is 2.89 bits per heavy atom. The highest BCUT2D eigenvalue weighted by Gasteiger charge is 2.44. The summed E-state index contributed by atoms with van der Waals surface area (Å²) in [5.74, 6) is 0.679. The molecule has 1 fully saturated rings. The topological polar surface area (TPSA) is 99.9 Å². The Balaban J connectivity index is 1.65. The van der Waals surface area contributed by atoms with E-state index in [0.29, 0.717) is 13.0 Å². The maximum Gasteiger partial charge on any atom is 0.243 e. The first-order valence-electron chi connectivity index (χ1n) is 9.80. The monoisotopic (exact) mass is 378 g/mol. The fourth-order valence-electron chi connectivity index (χ4n) is 4.38. The first-order chi connectivity index (χ1) is 13.6. The van der Waals surface area contributed by atoms with E-state index in [1.165, 1.54) is 0 Å². The molecule has 1 amide bonds. The first kappa shape index (κ1) is 18.3. The third-order valence-corrected chi connectivity index (χ3v) is 5.89. The summed E-state index contributed by atoms with van der Waals surface area (Å²) < 4.78 is 0. The zero-order chi connectivity index (χ0) is 19.6. The number of carbonyl (C=O) groups is 1. The summed E-state index contributed by atoms with van der Waals surface area (Å²) in [6.45, 7) is 3.64. The van der Waals surface area contributed by atoms with Crippen LogP contribution in [0.2, 0.25) is 0 Å². The van der Waals surface area contributed by atoms with Crippen molar-refractivity contribution < 1.29 is 4.79 Å². The van der Waals surface area contributed by atoms with Crippen LogP contribution >= 0.6 is 0 Å². The number of fused-ring (bicyclic) bond motifs is 1. The molecule has 7 heteroatoms. The zero-order valence-corrected chi connectivity index (χ0v) is 16.1. The van der Waals surface area contributed by atoms with Crippen molar-refractivity contribution in [3.8, 4) is 0 Å². The molecule has 4 N–H and O–H groups in total. The van der Waals surface area contributed by atoms with Crippen molar-refractivity contribution in [1.29, 1.82) is 0 Å². The van der Waals surface area contributed by atoms with Crippen LogP contribution in [0.4, 0.5) is 11.5 Å². The van der Waals surface area contributed by atoms with Crippen molar-refractivity contribution in [2.24, 2.45) is 11.7 Å². The standard InChI is InChI=1S/C21H26N6O/c1-2-21(20(22)28,26-16-8-4-3-5-9-16)15-7-6-12-27(13-15)19-17-10-11-23-18(17)24-14-25-19/h3-5,8-11,14-15,26H,2,6-7,12-13H2,1H3,(H2,22,28)(H,23,24,25)/t15-,21?/m1/s1. The Morgan fingerprint density at radius 1 is 1.32 bits per heavy atom. The molecule has 7 nitrogen and oxygen atoms in total. The molecular weight excluding hydrogens is 352 g/mol. The molecule has 0 aliphatic carbocycles. The van der Waals surface area contributed by atoms with Crippen LogP contribution < -0.4 is 16.0 Å². The summed E-state index contributed by atoms with van der Waals surface area (Å²) in [6.07, 6.45) is 6.00. The van der Waals surface area contributed by atoms with E-state index in [-0.39, 0.29) is 11.8 Å². The Bertz CT molecular complexity index is 956. The van der Waals surface area contributed by atoms with E-state index in [0.717, 1.165) is 41.9 Å². The molecule has 1 unspecified atom stereocenters. The fraction of sp³-hybridized carbons (Fsp3) is 0.381. The molecule has 1 saturated heterocycles. The predicted molar refractivity (Wildman–Crippen MR) is 111 cm³/mol. The van der Waals surface area contributed by atoms with Crippen molar-refractivity contribution in [3.05, 3.63) is 48.9 Å². The molecule has 2 aromatic heterocycles. The average molecular weight is 378 g/mol. The molecule has 2 atom stereocenters. The molecule has 0 spiro atoms. The minimum Gasteiger partial charge on any atom is -0.371 e. The number of anilines is 2. The number of H-pyrrole nitrogens is 1. The maximum absolute atomic E-state index is 12.7. The third kappa shape index (κ3) is 3.17. The van der Waals surface area contributed by atoms with Crippen LogP contribution in [0.5, 0.6) is 0 Å². The van der Waals surface area contributed by atoms with Crippen LogP contribution in [0.3, 0.4) is 0 Å². The van der Waals surface area contributed by atoms with E-state index in [9.17, 15) is 4.79 Å². The van der Waals surface area contributed by atoms with E-state index in [4.69, 9.17) is 5.73 Å². The number of amides is 1. The fourth-order valence-corrected chi connectivity index (χ4v) is 4.38. The van der Waals surface area contributed by atoms with E-state index in [1.807, 2.05) is 49.5 Å². The SMILES string of the molecule is CCC(Nc1ccccc1)(C(N)=O)[C@@H]1CCCN(c2ncnc3[nH]ccc23)C1. The van der Waals surface area contributed by atoms with Gasteiger partial charge in [-0.15, -0.1) is 0 Å². The third-order valence-electron chi connectivity index (χ3n) is 5.89. The lowest BCUT2D eigenvalue weighted by molar-refractivity contribution is -0.124. The Hall–Kier alpha value is -3.09. The van der Waals surface area contributed by atoms with Crippen LogP contribution in [0, 0.1) is 5.92 Å². The molecule has 3 heterocycles. The smallest absolute Gasteiger partial charge is 0.243 e. The van der Waals surface area contributed by atoms with Crippen LogP contribution in [0.15, 0.2) is 48.9 Å². The largest absolute Gasteiger partial charge is 0.371 e. The van der Waals surface area contributed by atoms with Gasteiger partial charge in [0.2, 0.25) is 5.91 Å². The zero-order valence-electron chi connectivity index (χ0n) is 16.1. The van der Waals surface area contributed by atoms with Gasteiger partial charge in [-0.3, -0.25) is 4.79 Å². The van der Waals surface area contributed by atoms with Gasteiger partial charge < -0.3 is 20.9 Å². The van der Waals surface area contributed by atoms with Crippen LogP contribution in [-0.2, 0) is 4.79 Å². The summed E-state index contributed by atoms with van der Waals surface area (Å²) in [4.78, 5) is 26.9. The lowest BCUT2D eigenvalue weighted by Crippen LogP contribution is -2.59. The van der Waals surface area contributed by atoms with E-state index >= 15 is 0 Å². The number of hydrogen-bond acceptors (Lipinski definition) is 5. The number of carbonyl (C=O) groups excluding carboxylic acids is 1. The molecule has 1 aliphatic heterocycles. The number of rotatable bonds is 6. The summed E-state index contributed by atoms with van der Waals surface area (Å²) in [7, 11) is 0. The molecule has 4 rings (SSSR count). The summed E-state index contributed by atoms with van der Waals surface area (Å²) in [5, 5.41) is 4.48. The quantitative estimate of drug-likeness (QED) is 0.612. The summed E-state index contributed by atoms with van der Waals surface area (Å²) >= 11 is 0. The molecule has 146 valence electrons. The van der Waals surface area contributed by atoms with Gasteiger partial charge in [0.15, 0.2) is 0 Å². The average Bonchev–Trinajstić information content (AvgIpc) is 3.21. The second kappa shape index (κ2) is 7.50. The minimum atomic E-state index is -0.801. The maximum atomic E-state index is 12.7. The van der Waals surface area contributed by atoms with E-state index in [1.54, 1.807) is 6.33 Å². The first-order valence-corrected chi connectivity index (χ1v) is 9.80. The van der Waals surface area contributed by atoms with Crippen molar-refractivity contribution in [2.75, 3.05) is 23.3 Å². The van der Waals surface area contributed by atoms with Gasteiger partial charge in [0.05, 0.1) is 5.39 Å². The van der Waals surface area contributed by atoms with Gasteiger partial charge in [-0.25, -0.2) is 9.97 Å². The number of aromatic amines is 1. The van der Waals surface area contributed by atoms with E-state index in [2.05, 4.69) is 25.2 Å². The van der Waals surface area contributed by atoms with E-state index < -0.39 is 5.54 Å². The van der Waals surface area contributed by atoms with Gasteiger partial charge in [-0.1, -0.05) is 25.1 Å². The number of nitrogens with two attached hydrogens (primary N) is 1. The number of hydrogen-bond donors (Lipinski definition) is 3. The number of nitrogens with one attached hydrogen (secondary N) is 2. The molecule has 0 saturated carbocycles. The predicted octanol–water partition coefficient (Wildman–Crippen LogP) is 2.92. The number of primary amides is 1. The molecule has 28 heavy (non-hydrogen) atoms. The number of nitrogens with zero attached hydrogens (tertiary/aromatic N) is 3. The molecule has 0 radical (unpaired) electrons. The molecule has 1 aliphatic rings. The lowest BCUT2D eigenvalue weighted by Gasteiger charge is -2.44. The van der Waals surface area contributed by atoms with Crippen molar-refractivity contribution in [3.63, 3.8) is 0 Å².